The number of carboxylic acids is 1. The number of para-hydroxylation sites is 1. The van der Waals surface area contributed by atoms with Crippen molar-refractivity contribution in [3.63, 3.8) is 0 Å². The number of carbonyl (C=O) groups excluding carboxylic acids is 1. The van der Waals surface area contributed by atoms with Crippen molar-refractivity contribution >= 4 is 23.5 Å². The Morgan fingerprint density at radius 3 is 2.47 bits per heavy atom. The highest BCUT2D eigenvalue weighted by Crippen LogP contribution is 2.22. The van der Waals surface area contributed by atoms with Crippen LogP contribution in [0.5, 0.6) is 5.75 Å². The molecule has 2 N–H and O–H groups in total. The number of benzene rings is 3. The summed E-state index contributed by atoms with van der Waals surface area (Å²) in [6.45, 7) is 1.77. The Morgan fingerprint density at radius 1 is 1.10 bits per heavy atom. The van der Waals surface area contributed by atoms with Crippen molar-refractivity contribution < 1.29 is 23.8 Å². The van der Waals surface area contributed by atoms with Crippen LogP contribution in [0.2, 0.25) is 5.02 Å². The summed E-state index contributed by atoms with van der Waals surface area (Å²) in [5.41, 5.74) is 1.78. The first-order valence-electron chi connectivity index (χ1n) is 9.15. The van der Waals surface area contributed by atoms with Gasteiger partial charge in [-0.25, -0.2) is 9.18 Å². The van der Waals surface area contributed by atoms with E-state index in [0.717, 1.165) is 5.56 Å². The van der Waals surface area contributed by atoms with E-state index in [4.69, 9.17) is 21.4 Å². The molecule has 0 heterocycles. The van der Waals surface area contributed by atoms with Crippen LogP contribution in [-0.4, -0.2) is 17.0 Å². The van der Waals surface area contributed by atoms with Gasteiger partial charge in [-0.1, -0.05) is 41.9 Å². The highest BCUT2D eigenvalue weighted by atomic mass is 35.5. The number of nitrogens with one attached hydrogen (secondary N) is 1. The number of ether oxygens (including phenoxy) is 1. The number of halogens is 2. The predicted molar refractivity (Wildman–Crippen MR) is 111 cm³/mol. The van der Waals surface area contributed by atoms with E-state index in [0.29, 0.717) is 16.1 Å². The van der Waals surface area contributed by atoms with Gasteiger partial charge in [-0.05, 0) is 48.9 Å². The molecular weight excluding hydrogens is 409 g/mol. The molecule has 0 aliphatic carbocycles. The molecule has 3 aromatic rings. The number of amides is 1. The molecule has 3 aromatic carbocycles. The molecule has 0 spiro atoms. The van der Waals surface area contributed by atoms with Gasteiger partial charge in [-0.3, -0.25) is 4.79 Å². The third-order valence-corrected chi connectivity index (χ3v) is 4.78. The van der Waals surface area contributed by atoms with Gasteiger partial charge in [0.1, 0.15) is 6.61 Å². The van der Waals surface area contributed by atoms with E-state index in [2.05, 4.69) is 5.32 Å². The lowest BCUT2D eigenvalue weighted by Crippen LogP contribution is -2.27. The van der Waals surface area contributed by atoms with Gasteiger partial charge >= 0.3 is 5.97 Å². The molecule has 0 saturated heterocycles. The smallest absolute Gasteiger partial charge is 0.335 e. The van der Waals surface area contributed by atoms with Crippen LogP contribution in [0.15, 0.2) is 66.7 Å². The van der Waals surface area contributed by atoms with E-state index in [1.54, 1.807) is 43.3 Å². The maximum atomic E-state index is 13.8. The van der Waals surface area contributed by atoms with Crippen molar-refractivity contribution in [2.24, 2.45) is 0 Å². The van der Waals surface area contributed by atoms with Gasteiger partial charge in [0.2, 0.25) is 0 Å². The second-order valence-electron chi connectivity index (χ2n) is 6.64. The minimum Gasteiger partial charge on any atom is -0.486 e. The lowest BCUT2D eigenvalue weighted by Gasteiger charge is -2.17. The van der Waals surface area contributed by atoms with Gasteiger partial charge in [-0.15, -0.1) is 0 Å². The van der Waals surface area contributed by atoms with Crippen molar-refractivity contribution in [3.05, 3.63) is 99.8 Å². The highest BCUT2D eigenvalue weighted by Gasteiger charge is 2.17. The third-order valence-electron chi connectivity index (χ3n) is 4.54. The Balaban J connectivity index is 1.75. The van der Waals surface area contributed by atoms with Crippen LogP contribution >= 0.6 is 11.6 Å². The molecule has 1 atom stereocenters. The Hall–Kier alpha value is -3.38. The summed E-state index contributed by atoms with van der Waals surface area (Å²) in [5, 5.41) is 12.2. The molecule has 154 valence electrons. The molecule has 0 fully saturated rings. The first kappa shape index (κ1) is 21.3. The Bertz CT molecular complexity index is 1070. The molecule has 0 aliphatic rings. The predicted octanol–water partition coefficient (Wildman–Crippen LogP) is 5.25. The second kappa shape index (κ2) is 9.41. The molecule has 7 heteroatoms. The molecule has 0 saturated carbocycles. The van der Waals surface area contributed by atoms with E-state index in [1.807, 2.05) is 0 Å². The molecule has 0 radical (unpaired) electrons. The summed E-state index contributed by atoms with van der Waals surface area (Å²) < 4.78 is 19.3. The van der Waals surface area contributed by atoms with Crippen molar-refractivity contribution in [2.45, 2.75) is 19.6 Å². The molecule has 3 rings (SSSR count). The van der Waals surface area contributed by atoms with Crippen LogP contribution in [0.25, 0.3) is 0 Å². The van der Waals surface area contributed by atoms with E-state index in [-0.39, 0.29) is 29.9 Å². The van der Waals surface area contributed by atoms with Crippen LogP contribution in [0.1, 0.15) is 44.8 Å². The molecule has 0 aliphatic heterocycles. The number of hydrogen-bond donors (Lipinski definition) is 2. The Labute approximate surface area is 178 Å². The minimum absolute atomic E-state index is 0.0114. The zero-order valence-electron chi connectivity index (χ0n) is 16.1. The fourth-order valence-electron chi connectivity index (χ4n) is 2.88. The van der Waals surface area contributed by atoms with Crippen LogP contribution in [0, 0.1) is 5.82 Å². The summed E-state index contributed by atoms with van der Waals surface area (Å²) in [4.78, 5) is 23.8. The summed E-state index contributed by atoms with van der Waals surface area (Å²) in [6.07, 6.45) is 0. The highest BCUT2D eigenvalue weighted by molar-refractivity contribution is 6.31. The topological polar surface area (TPSA) is 75.6 Å². The lowest BCUT2D eigenvalue weighted by molar-refractivity contribution is 0.0696. The van der Waals surface area contributed by atoms with Gasteiger partial charge in [0.25, 0.3) is 5.91 Å². The van der Waals surface area contributed by atoms with Gasteiger partial charge < -0.3 is 15.2 Å². The molecule has 1 amide bonds. The average Bonchev–Trinajstić information content (AvgIpc) is 2.73. The van der Waals surface area contributed by atoms with Crippen molar-refractivity contribution in [1.29, 1.82) is 0 Å². The van der Waals surface area contributed by atoms with Crippen LogP contribution in [-0.2, 0) is 6.61 Å². The summed E-state index contributed by atoms with van der Waals surface area (Å²) in [6, 6.07) is 16.7. The standard InChI is InChI=1S/C23H19ClFNO4/c1-14(15-6-8-16(9-7-15)23(28)29)26-22(27)19-12-18(24)11-10-17(19)13-30-21-5-3-2-4-20(21)25/h2-12,14H,13H2,1H3,(H,26,27)(H,28,29)/t14-/m0/s1. The summed E-state index contributed by atoms with van der Waals surface area (Å²) in [5.74, 6) is -1.79. The van der Waals surface area contributed by atoms with Crippen LogP contribution in [0.3, 0.4) is 0 Å². The van der Waals surface area contributed by atoms with E-state index in [9.17, 15) is 14.0 Å². The van der Waals surface area contributed by atoms with Gasteiger partial charge in [0.05, 0.1) is 11.6 Å². The minimum atomic E-state index is -1.02. The molecule has 30 heavy (non-hydrogen) atoms. The average molecular weight is 428 g/mol. The number of hydrogen-bond acceptors (Lipinski definition) is 3. The molecule has 5 nitrogen and oxygen atoms in total. The fraction of sp³-hybridized carbons (Fsp3) is 0.130. The number of carbonyl (C=O) groups is 2. The Morgan fingerprint density at radius 2 is 1.80 bits per heavy atom. The Kier molecular flexibility index (Phi) is 6.69. The SMILES string of the molecule is C[C@H](NC(=O)c1cc(Cl)ccc1COc1ccccc1F)c1ccc(C(=O)O)cc1. The molecule has 0 bridgehead atoms. The van der Waals surface area contributed by atoms with Gasteiger partial charge in [-0.2, -0.15) is 0 Å². The molecule has 0 unspecified atom stereocenters. The second-order valence-corrected chi connectivity index (χ2v) is 7.08. The monoisotopic (exact) mass is 427 g/mol. The van der Waals surface area contributed by atoms with E-state index >= 15 is 0 Å². The number of carboxylic acid groups (broad SMARTS) is 1. The van der Waals surface area contributed by atoms with E-state index in [1.165, 1.54) is 30.3 Å². The van der Waals surface area contributed by atoms with Crippen molar-refractivity contribution in [2.75, 3.05) is 0 Å². The third kappa shape index (κ3) is 5.15. The van der Waals surface area contributed by atoms with Crippen molar-refractivity contribution in [1.82, 2.24) is 5.32 Å². The first-order valence-corrected chi connectivity index (χ1v) is 9.53. The molecule has 0 aromatic heterocycles. The van der Waals surface area contributed by atoms with Gasteiger partial charge in [0, 0.05) is 16.1 Å². The normalized spacial score (nSPS) is 11.6. The fourth-order valence-corrected chi connectivity index (χ4v) is 3.05. The van der Waals surface area contributed by atoms with Crippen LogP contribution in [0.4, 0.5) is 4.39 Å². The maximum Gasteiger partial charge on any atom is 0.335 e. The summed E-state index contributed by atoms with van der Waals surface area (Å²) >= 11 is 6.07. The van der Waals surface area contributed by atoms with Gasteiger partial charge in [0.15, 0.2) is 11.6 Å². The zero-order valence-corrected chi connectivity index (χ0v) is 16.8. The zero-order chi connectivity index (χ0) is 21.7. The number of rotatable bonds is 7. The first-order chi connectivity index (χ1) is 14.3. The maximum absolute atomic E-state index is 13.8. The molecular formula is C23H19ClFNO4. The van der Waals surface area contributed by atoms with Crippen molar-refractivity contribution in [3.8, 4) is 5.75 Å². The number of aromatic carboxylic acids is 1. The quantitative estimate of drug-likeness (QED) is 0.540. The van der Waals surface area contributed by atoms with Crippen LogP contribution < -0.4 is 10.1 Å². The lowest BCUT2D eigenvalue weighted by atomic mass is 10.0. The van der Waals surface area contributed by atoms with E-state index < -0.39 is 11.8 Å². The largest absolute Gasteiger partial charge is 0.486 e. The summed E-state index contributed by atoms with van der Waals surface area (Å²) in [7, 11) is 0.